The Morgan fingerprint density at radius 3 is 2.46 bits per heavy atom. The summed E-state index contributed by atoms with van der Waals surface area (Å²) in [5.41, 5.74) is -0.135. The van der Waals surface area contributed by atoms with Crippen molar-refractivity contribution in [1.82, 2.24) is 0 Å². The summed E-state index contributed by atoms with van der Waals surface area (Å²) in [4.78, 5) is 11.8. The van der Waals surface area contributed by atoms with Crippen molar-refractivity contribution in [2.24, 2.45) is 0 Å². The third kappa shape index (κ3) is 4.25. The number of halogens is 3. The van der Waals surface area contributed by atoms with E-state index in [0.717, 1.165) is 18.4 Å². The van der Waals surface area contributed by atoms with Gasteiger partial charge in [-0.3, -0.25) is 4.79 Å². The number of amides is 1. The smallest absolute Gasteiger partial charge is 0.243 e. The number of anilines is 2. The fourth-order valence-corrected chi connectivity index (χ4v) is 2.51. The van der Waals surface area contributed by atoms with Crippen molar-refractivity contribution in [2.75, 3.05) is 23.4 Å². The van der Waals surface area contributed by atoms with Gasteiger partial charge in [-0.2, -0.15) is 0 Å². The Morgan fingerprint density at radius 2 is 1.79 bits per heavy atom. The van der Waals surface area contributed by atoms with Gasteiger partial charge in [-0.15, -0.1) is 0 Å². The molecule has 1 amide bonds. The van der Waals surface area contributed by atoms with Gasteiger partial charge in [0, 0.05) is 11.9 Å². The van der Waals surface area contributed by atoms with Gasteiger partial charge in [-0.25, -0.2) is 21.6 Å². The highest BCUT2D eigenvalue weighted by Gasteiger charge is 2.14. The molecule has 0 heterocycles. The highest BCUT2D eigenvalue weighted by Crippen LogP contribution is 2.19. The molecule has 128 valence electrons. The molecule has 2 aromatic rings. The molecule has 0 aliphatic rings. The molecular formula is C15H13F3N2O3S. The van der Waals surface area contributed by atoms with Gasteiger partial charge < -0.3 is 10.6 Å². The first-order chi connectivity index (χ1) is 11.2. The van der Waals surface area contributed by atoms with Crippen LogP contribution in [0.1, 0.15) is 0 Å². The molecule has 5 nitrogen and oxygen atoms in total. The second kappa shape index (κ2) is 6.91. The zero-order valence-corrected chi connectivity index (χ0v) is 13.3. The van der Waals surface area contributed by atoms with Crippen molar-refractivity contribution >= 4 is 27.1 Å². The van der Waals surface area contributed by atoms with E-state index in [-0.39, 0.29) is 16.3 Å². The molecular weight excluding hydrogens is 345 g/mol. The van der Waals surface area contributed by atoms with Crippen LogP contribution in [0.5, 0.6) is 0 Å². The zero-order valence-electron chi connectivity index (χ0n) is 12.4. The van der Waals surface area contributed by atoms with E-state index in [2.05, 4.69) is 10.6 Å². The monoisotopic (exact) mass is 358 g/mol. The standard InChI is InChI=1S/C15H13F3N2O3S/c1-24(22,23)10-4-2-3-9(7-10)20-13(21)8-19-12-6-5-11(16)14(17)15(12)18/h2-7,19H,8H2,1H3,(H,20,21). The van der Waals surface area contributed by atoms with Crippen LogP contribution in [-0.4, -0.2) is 27.1 Å². The predicted octanol–water partition coefficient (Wildman–Crippen LogP) is 2.56. The number of rotatable bonds is 5. The average Bonchev–Trinajstić information content (AvgIpc) is 2.51. The van der Waals surface area contributed by atoms with Crippen LogP contribution in [0.25, 0.3) is 0 Å². The lowest BCUT2D eigenvalue weighted by atomic mass is 10.2. The summed E-state index contributed by atoms with van der Waals surface area (Å²) in [5, 5.41) is 4.75. The maximum absolute atomic E-state index is 13.4. The van der Waals surface area contributed by atoms with Crippen LogP contribution in [0.15, 0.2) is 41.3 Å². The number of carbonyl (C=O) groups is 1. The summed E-state index contributed by atoms with van der Waals surface area (Å²) < 4.78 is 62.2. The summed E-state index contributed by atoms with van der Waals surface area (Å²) in [5.74, 6) is -5.02. The van der Waals surface area contributed by atoms with Crippen molar-refractivity contribution in [3.8, 4) is 0 Å². The fraction of sp³-hybridized carbons (Fsp3) is 0.133. The Kier molecular flexibility index (Phi) is 5.13. The molecule has 2 aromatic carbocycles. The SMILES string of the molecule is CS(=O)(=O)c1cccc(NC(=O)CNc2ccc(F)c(F)c2F)c1. The molecule has 0 fully saturated rings. The summed E-state index contributed by atoms with van der Waals surface area (Å²) in [6.45, 7) is -0.426. The van der Waals surface area contributed by atoms with E-state index in [4.69, 9.17) is 0 Å². The molecule has 0 aliphatic heterocycles. The third-order valence-corrected chi connectivity index (χ3v) is 4.13. The number of hydrogen-bond acceptors (Lipinski definition) is 4. The van der Waals surface area contributed by atoms with Crippen molar-refractivity contribution in [1.29, 1.82) is 0 Å². The first-order valence-corrected chi connectivity index (χ1v) is 8.55. The molecule has 0 spiro atoms. The fourth-order valence-electron chi connectivity index (χ4n) is 1.85. The molecule has 0 unspecified atom stereocenters. The molecule has 0 radical (unpaired) electrons. The van der Waals surface area contributed by atoms with Gasteiger partial charge in [-0.05, 0) is 30.3 Å². The molecule has 2 rings (SSSR count). The van der Waals surface area contributed by atoms with Crippen molar-refractivity contribution in [3.05, 3.63) is 53.8 Å². The van der Waals surface area contributed by atoms with Crippen molar-refractivity contribution in [3.63, 3.8) is 0 Å². The normalized spacial score (nSPS) is 11.2. The lowest BCUT2D eigenvalue weighted by Crippen LogP contribution is -2.22. The van der Waals surface area contributed by atoms with Crippen LogP contribution < -0.4 is 10.6 Å². The minimum absolute atomic E-state index is 0.0277. The summed E-state index contributed by atoms with van der Waals surface area (Å²) in [6, 6.07) is 7.27. The Morgan fingerprint density at radius 1 is 1.08 bits per heavy atom. The van der Waals surface area contributed by atoms with E-state index in [1.807, 2.05) is 0 Å². The van der Waals surface area contributed by atoms with Gasteiger partial charge in [0.1, 0.15) is 0 Å². The molecule has 0 aliphatic carbocycles. The average molecular weight is 358 g/mol. The van der Waals surface area contributed by atoms with Crippen LogP contribution in [0, 0.1) is 17.5 Å². The van der Waals surface area contributed by atoms with Crippen LogP contribution in [0.3, 0.4) is 0 Å². The summed E-state index contributed by atoms with van der Waals surface area (Å²) in [7, 11) is -3.42. The van der Waals surface area contributed by atoms with Gasteiger partial charge in [0.2, 0.25) is 5.91 Å². The van der Waals surface area contributed by atoms with E-state index in [9.17, 15) is 26.4 Å². The van der Waals surface area contributed by atoms with E-state index < -0.39 is 39.7 Å². The Labute approximate surface area is 136 Å². The van der Waals surface area contributed by atoms with Crippen LogP contribution >= 0.6 is 0 Å². The van der Waals surface area contributed by atoms with Crippen LogP contribution in [-0.2, 0) is 14.6 Å². The first-order valence-electron chi connectivity index (χ1n) is 6.66. The van der Waals surface area contributed by atoms with Crippen LogP contribution in [0.4, 0.5) is 24.5 Å². The molecule has 0 aromatic heterocycles. The Bertz CT molecular complexity index is 886. The second-order valence-electron chi connectivity index (χ2n) is 4.92. The lowest BCUT2D eigenvalue weighted by Gasteiger charge is -2.10. The molecule has 0 atom stereocenters. The Balaban J connectivity index is 2.03. The largest absolute Gasteiger partial charge is 0.374 e. The van der Waals surface area contributed by atoms with E-state index in [1.54, 1.807) is 0 Å². The van der Waals surface area contributed by atoms with Gasteiger partial charge >= 0.3 is 0 Å². The van der Waals surface area contributed by atoms with E-state index in [0.29, 0.717) is 0 Å². The van der Waals surface area contributed by atoms with E-state index in [1.165, 1.54) is 24.3 Å². The second-order valence-corrected chi connectivity index (χ2v) is 6.94. The highest BCUT2D eigenvalue weighted by molar-refractivity contribution is 7.90. The van der Waals surface area contributed by atoms with Gasteiger partial charge in [0.25, 0.3) is 0 Å². The first kappa shape index (κ1) is 17.8. The quantitative estimate of drug-likeness (QED) is 0.806. The van der Waals surface area contributed by atoms with Crippen molar-refractivity contribution < 1.29 is 26.4 Å². The molecule has 9 heteroatoms. The van der Waals surface area contributed by atoms with Gasteiger partial charge in [-0.1, -0.05) is 6.07 Å². The van der Waals surface area contributed by atoms with Crippen molar-refractivity contribution in [2.45, 2.75) is 4.90 Å². The lowest BCUT2D eigenvalue weighted by molar-refractivity contribution is -0.114. The number of nitrogens with one attached hydrogen (secondary N) is 2. The number of hydrogen-bond donors (Lipinski definition) is 2. The van der Waals surface area contributed by atoms with Crippen LogP contribution in [0.2, 0.25) is 0 Å². The van der Waals surface area contributed by atoms with Gasteiger partial charge in [0.15, 0.2) is 27.3 Å². The molecule has 24 heavy (non-hydrogen) atoms. The number of carbonyl (C=O) groups excluding carboxylic acids is 1. The van der Waals surface area contributed by atoms with Gasteiger partial charge in [0.05, 0.1) is 17.1 Å². The third-order valence-electron chi connectivity index (χ3n) is 3.02. The maximum Gasteiger partial charge on any atom is 0.243 e. The minimum Gasteiger partial charge on any atom is -0.374 e. The summed E-state index contributed by atoms with van der Waals surface area (Å²) in [6.07, 6.45) is 1.03. The molecule has 0 bridgehead atoms. The maximum atomic E-state index is 13.4. The minimum atomic E-state index is -3.42. The molecule has 2 N–H and O–H groups in total. The zero-order chi connectivity index (χ0) is 17.9. The summed E-state index contributed by atoms with van der Waals surface area (Å²) >= 11 is 0. The Hall–Kier alpha value is -2.55. The predicted molar refractivity (Wildman–Crippen MR) is 83.0 cm³/mol. The molecule has 0 saturated carbocycles. The molecule has 0 saturated heterocycles. The number of benzene rings is 2. The van der Waals surface area contributed by atoms with E-state index >= 15 is 0 Å². The number of sulfone groups is 1. The highest BCUT2D eigenvalue weighted by atomic mass is 32.2. The topological polar surface area (TPSA) is 75.3 Å².